The molecule has 5 rings (SSSR count). The lowest BCUT2D eigenvalue weighted by Gasteiger charge is -2.53. The molecule has 0 spiro atoms. The van der Waals surface area contributed by atoms with E-state index in [-0.39, 0.29) is 5.41 Å². The van der Waals surface area contributed by atoms with Crippen LogP contribution in [-0.4, -0.2) is 12.0 Å². The van der Waals surface area contributed by atoms with Crippen molar-refractivity contribution in [3.63, 3.8) is 0 Å². The van der Waals surface area contributed by atoms with Crippen molar-refractivity contribution in [3.8, 4) is 0 Å². The van der Waals surface area contributed by atoms with E-state index in [4.69, 9.17) is 10.7 Å². The molecular formula is C35H44N2O. The summed E-state index contributed by atoms with van der Waals surface area (Å²) in [6.07, 6.45) is 13.3. The van der Waals surface area contributed by atoms with Gasteiger partial charge in [-0.05, 0) is 115 Å². The third-order valence-corrected chi connectivity index (χ3v) is 10.7. The topological polar surface area (TPSA) is 55.4 Å². The van der Waals surface area contributed by atoms with Crippen molar-refractivity contribution in [1.82, 2.24) is 0 Å². The Balaban J connectivity index is 1.31. The first kappa shape index (κ1) is 26.7. The molecule has 0 aliphatic heterocycles. The van der Waals surface area contributed by atoms with E-state index in [1.165, 1.54) is 66.5 Å². The molecule has 3 saturated carbocycles. The van der Waals surface area contributed by atoms with Crippen LogP contribution in [-0.2, 0) is 6.42 Å². The summed E-state index contributed by atoms with van der Waals surface area (Å²) in [5, 5.41) is 0. The lowest BCUT2D eigenvalue weighted by atomic mass is 9.52. The van der Waals surface area contributed by atoms with E-state index in [1.807, 2.05) is 30.5 Å². The van der Waals surface area contributed by atoms with Gasteiger partial charge in [0.15, 0.2) is 0 Å². The Labute approximate surface area is 229 Å². The SMILES string of the molecule is C=C1CCC2CC(C3(C)CC(=CN)C(=Nc4ccc(Cc5ccc(C=O)cc5)cc4)CC3CC)CCC12C. The summed E-state index contributed by atoms with van der Waals surface area (Å²) in [6.45, 7) is 11.8. The fraction of sp³-hybridized carbons (Fsp3) is 0.486. The molecule has 0 amide bonds. The molecule has 0 saturated heterocycles. The number of hydrogen-bond donors (Lipinski definition) is 1. The minimum atomic E-state index is 0.271. The Kier molecular flexibility index (Phi) is 7.49. The van der Waals surface area contributed by atoms with Crippen LogP contribution in [0.1, 0.15) is 93.6 Å². The van der Waals surface area contributed by atoms with Crippen molar-refractivity contribution in [2.75, 3.05) is 0 Å². The molecule has 38 heavy (non-hydrogen) atoms. The zero-order chi connectivity index (χ0) is 26.9. The van der Waals surface area contributed by atoms with Crippen LogP contribution in [0.25, 0.3) is 0 Å². The lowest BCUT2D eigenvalue weighted by Crippen LogP contribution is -2.45. The number of fused-ring (bicyclic) bond motifs is 1. The maximum atomic E-state index is 10.9. The minimum absolute atomic E-state index is 0.271. The van der Waals surface area contributed by atoms with Gasteiger partial charge in [0.25, 0.3) is 0 Å². The Morgan fingerprint density at radius 3 is 2.34 bits per heavy atom. The van der Waals surface area contributed by atoms with E-state index in [9.17, 15) is 4.79 Å². The molecule has 5 atom stereocenters. The molecule has 3 aliphatic rings. The Bertz CT molecular complexity index is 1240. The van der Waals surface area contributed by atoms with Gasteiger partial charge in [-0.3, -0.25) is 9.79 Å². The quantitative estimate of drug-likeness (QED) is 0.314. The summed E-state index contributed by atoms with van der Waals surface area (Å²) in [4.78, 5) is 16.1. The number of allylic oxidation sites excluding steroid dienone is 2. The van der Waals surface area contributed by atoms with Crippen molar-refractivity contribution in [2.45, 2.75) is 78.6 Å². The van der Waals surface area contributed by atoms with Crippen molar-refractivity contribution < 1.29 is 4.79 Å². The number of rotatable bonds is 6. The van der Waals surface area contributed by atoms with Gasteiger partial charge in [-0.2, -0.15) is 0 Å². The average Bonchev–Trinajstić information content (AvgIpc) is 3.24. The van der Waals surface area contributed by atoms with E-state index < -0.39 is 0 Å². The fourth-order valence-electron chi connectivity index (χ4n) is 7.94. The average molecular weight is 509 g/mol. The van der Waals surface area contributed by atoms with E-state index in [1.54, 1.807) is 0 Å². The number of nitrogens with zero attached hydrogens (tertiary/aromatic N) is 1. The minimum Gasteiger partial charge on any atom is -0.404 e. The highest BCUT2D eigenvalue weighted by Crippen LogP contribution is 2.61. The van der Waals surface area contributed by atoms with Crippen LogP contribution in [0.15, 0.2) is 77.4 Å². The maximum Gasteiger partial charge on any atom is 0.150 e. The molecule has 2 aromatic carbocycles. The van der Waals surface area contributed by atoms with Gasteiger partial charge in [0, 0.05) is 11.3 Å². The number of carbonyl (C=O) groups excluding carboxylic acids is 1. The fourth-order valence-corrected chi connectivity index (χ4v) is 7.94. The van der Waals surface area contributed by atoms with Crippen molar-refractivity contribution >= 4 is 17.7 Å². The third kappa shape index (κ3) is 4.93. The van der Waals surface area contributed by atoms with Gasteiger partial charge in [-0.1, -0.05) is 75.7 Å². The van der Waals surface area contributed by atoms with Crippen LogP contribution >= 0.6 is 0 Å². The van der Waals surface area contributed by atoms with E-state index in [2.05, 4.69) is 51.6 Å². The second-order valence-electron chi connectivity index (χ2n) is 12.7. The van der Waals surface area contributed by atoms with E-state index in [0.29, 0.717) is 16.9 Å². The van der Waals surface area contributed by atoms with Gasteiger partial charge in [0.05, 0.1) is 5.69 Å². The number of nitrogens with two attached hydrogens (primary N) is 1. The molecule has 3 aliphatic carbocycles. The Hall–Kier alpha value is -2.94. The second-order valence-corrected chi connectivity index (χ2v) is 12.7. The maximum absolute atomic E-state index is 10.9. The molecule has 5 unspecified atom stereocenters. The molecule has 3 heteroatoms. The third-order valence-electron chi connectivity index (χ3n) is 10.7. The Morgan fingerprint density at radius 2 is 1.71 bits per heavy atom. The van der Waals surface area contributed by atoms with Gasteiger partial charge in [0.2, 0.25) is 0 Å². The van der Waals surface area contributed by atoms with Crippen LogP contribution in [0.2, 0.25) is 0 Å². The standard InChI is InChI=1S/C35H44N2O/c1-5-29-20-33(37-32-14-11-26(12-15-32)18-25-7-9-27(23-38)10-8-25)28(22-36)21-35(29,4)31-16-17-34(3)24(2)6-13-30(34)19-31/h7-12,14-15,22-23,29-31H,2,5-6,13,16-21,36H2,1,3-4H3. The molecule has 3 nitrogen and oxygen atoms in total. The molecule has 3 fully saturated rings. The highest BCUT2D eigenvalue weighted by atomic mass is 16.1. The van der Waals surface area contributed by atoms with E-state index in [0.717, 1.165) is 43.1 Å². The van der Waals surface area contributed by atoms with Crippen LogP contribution < -0.4 is 5.73 Å². The van der Waals surface area contributed by atoms with Crippen LogP contribution in [0.5, 0.6) is 0 Å². The highest BCUT2D eigenvalue weighted by molar-refractivity contribution is 6.02. The molecule has 0 heterocycles. The van der Waals surface area contributed by atoms with Crippen LogP contribution in [0, 0.1) is 28.6 Å². The van der Waals surface area contributed by atoms with Gasteiger partial charge >= 0.3 is 0 Å². The number of carbonyl (C=O) groups is 1. The number of benzene rings is 2. The van der Waals surface area contributed by atoms with Crippen molar-refractivity contribution in [1.29, 1.82) is 0 Å². The first-order chi connectivity index (χ1) is 18.3. The second kappa shape index (κ2) is 10.7. The summed E-state index contributed by atoms with van der Waals surface area (Å²) in [6, 6.07) is 16.4. The van der Waals surface area contributed by atoms with Crippen LogP contribution in [0.3, 0.4) is 0 Å². The van der Waals surface area contributed by atoms with Crippen molar-refractivity contribution in [2.24, 2.45) is 39.3 Å². The van der Waals surface area contributed by atoms with Gasteiger partial charge in [-0.15, -0.1) is 0 Å². The summed E-state index contributed by atoms with van der Waals surface area (Å²) in [5.41, 5.74) is 15.0. The number of aldehydes is 1. The highest BCUT2D eigenvalue weighted by Gasteiger charge is 2.52. The predicted octanol–water partition coefficient (Wildman–Crippen LogP) is 8.60. The lowest BCUT2D eigenvalue weighted by molar-refractivity contribution is 0.0110. The van der Waals surface area contributed by atoms with Crippen molar-refractivity contribution in [3.05, 3.63) is 89.1 Å². The summed E-state index contributed by atoms with van der Waals surface area (Å²) >= 11 is 0. The van der Waals surface area contributed by atoms with Gasteiger partial charge < -0.3 is 5.73 Å². The first-order valence-electron chi connectivity index (χ1n) is 14.6. The largest absolute Gasteiger partial charge is 0.404 e. The Morgan fingerprint density at radius 1 is 1.03 bits per heavy atom. The molecule has 2 N–H and O–H groups in total. The molecule has 0 aromatic heterocycles. The normalized spacial score (nSPS) is 33.4. The zero-order valence-electron chi connectivity index (χ0n) is 23.5. The molecule has 200 valence electrons. The molecule has 2 aromatic rings. The first-order valence-corrected chi connectivity index (χ1v) is 14.6. The molecule has 0 bridgehead atoms. The number of hydrogen-bond acceptors (Lipinski definition) is 3. The zero-order valence-corrected chi connectivity index (χ0v) is 23.5. The predicted molar refractivity (Wildman–Crippen MR) is 159 cm³/mol. The van der Waals surface area contributed by atoms with E-state index >= 15 is 0 Å². The molecule has 0 radical (unpaired) electrons. The summed E-state index contributed by atoms with van der Waals surface area (Å²) < 4.78 is 0. The van der Waals surface area contributed by atoms with Gasteiger partial charge in [0.1, 0.15) is 6.29 Å². The smallest absolute Gasteiger partial charge is 0.150 e. The van der Waals surface area contributed by atoms with Gasteiger partial charge in [-0.25, -0.2) is 0 Å². The summed E-state index contributed by atoms with van der Waals surface area (Å²) in [5.74, 6) is 2.16. The van der Waals surface area contributed by atoms with Crippen LogP contribution in [0.4, 0.5) is 5.69 Å². The monoisotopic (exact) mass is 508 g/mol. The molecular weight excluding hydrogens is 464 g/mol. The number of aliphatic imine (C=N–C) groups is 1. The summed E-state index contributed by atoms with van der Waals surface area (Å²) in [7, 11) is 0.